The van der Waals surface area contributed by atoms with E-state index < -0.39 is 0 Å². The highest BCUT2D eigenvalue weighted by Crippen LogP contribution is 2.19. The molecule has 0 aliphatic carbocycles. The van der Waals surface area contributed by atoms with E-state index in [4.69, 9.17) is 9.47 Å². The van der Waals surface area contributed by atoms with Crippen LogP contribution in [0.3, 0.4) is 0 Å². The Balaban J connectivity index is 2.68. The number of carbonyl (C=O) groups is 1. The van der Waals surface area contributed by atoms with Crippen molar-refractivity contribution in [2.45, 2.75) is 39.3 Å². The molecule has 0 aromatic carbocycles. The summed E-state index contributed by atoms with van der Waals surface area (Å²) in [6.45, 7) is 9.49. The second-order valence-corrected chi connectivity index (χ2v) is 5.09. The Kier molecular flexibility index (Phi) is 7.34. The molecule has 5 heteroatoms. The SMILES string of the molecule is CCNC1COCC1C(=O)N(CCOC)C(C)CC. The minimum atomic E-state index is -0.0641. The molecule has 0 spiro atoms. The molecular weight excluding hydrogens is 244 g/mol. The molecule has 1 aliphatic heterocycles. The largest absolute Gasteiger partial charge is 0.383 e. The van der Waals surface area contributed by atoms with Crippen LogP contribution in [0.1, 0.15) is 27.2 Å². The second kappa shape index (κ2) is 8.51. The van der Waals surface area contributed by atoms with Crippen LogP contribution in [0, 0.1) is 5.92 Å². The summed E-state index contributed by atoms with van der Waals surface area (Å²) < 4.78 is 10.6. The van der Waals surface area contributed by atoms with Gasteiger partial charge in [-0.3, -0.25) is 4.79 Å². The third-order valence-electron chi connectivity index (χ3n) is 3.81. The third-order valence-corrected chi connectivity index (χ3v) is 3.81. The van der Waals surface area contributed by atoms with Crippen molar-refractivity contribution in [2.24, 2.45) is 5.92 Å². The van der Waals surface area contributed by atoms with E-state index in [-0.39, 0.29) is 23.9 Å². The number of likely N-dealkylation sites (N-methyl/N-ethyl adjacent to an activating group) is 1. The first-order valence-corrected chi connectivity index (χ1v) is 7.26. The molecule has 112 valence electrons. The highest BCUT2D eigenvalue weighted by atomic mass is 16.5. The first kappa shape index (κ1) is 16.4. The minimum absolute atomic E-state index is 0.0641. The maximum atomic E-state index is 12.7. The van der Waals surface area contributed by atoms with Gasteiger partial charge in [0.05, 0.1) is 25.7 Å². The highest BCUT2D eigenvalue weighted by Gasteiger charge is 2.37. The lowest BCUT2D eigenvalue weighted by Gasteiger charge is -2.32. The van der Waals surface area contributed by atoms with E-state index in [2.05, 4.69) is 26.1 Å². The van der Waals surface area contributed by atoms with Crippen LogP contribution >= 0.6 is 0 Å². The fourth-order valence-electron chi connectivity index (χ4n) is 2.43. The summed E-state index contributed by atoms with van der Waals surface area (Å²) >= 11 is 0. The normalized spacial score (nSPS) is 24.4. The maximum Gasteiger partial charge on any atom is 0.230 e. The zero-order valence-corrected chi connectivity index (χ0v) is 12.6. The van der Waals surface area contributed by atoms with Crippen LogP contribution in [0.15, 0.2) is 0 Å². The Morgan fingerprint density at radius 3 is 2.79 bits per heavy atom. The number of methoxy groups -OCH3 is 1. The molecule has 1 rings (SSSR count). The zero-order chi connectivity index (χ0) is 14.3. The predicted molar refractivity (Wildman–Crippen MR) is 75.1 cm³/mol. The van der Waals surface area contributed by atoms with E-state index in [0.717, 1.165) is 13.0 Å². The highest BCUT2D eigenvalue weighted by molar-refractivity contribution is 5.80. The molecule has 0 saturated carbocycles. The number of amides is 1. The van der Waals surface area contributed by atoms with E-state index in [1.165, 1.54) is 0 Å². The molecule has 1 fully saturated rings. The third kappa shape index (κ3) is 4.44. The number of nitrogens with zero attached hydrogens (tertiary/aromatic N) is 1. The van der Waals surface area contributed by atoms with Gasteiger partial charge in [-0.1, -0.05) is 13.8 Å². The average Bonchev–Trinajstić information content (AvgIpc) is 2.87. The number of carbonyl (C=O) groups excluding carboxylic acids is 1. The van der Waals surface area contributed by atoms with Crippen molar-refractivity contribution in [3.63, 3.8) is 0 Å². The van der Waals surface area contributed by atoms with Crippen molar-refractivity contribution < 1.29 is 14.3 Å². The van der Waals surface area contributed by atoms with E-state index in [1.807, 2.05) is 4.90 Å². The monoisotopic (exact) mass is 272 g/mol. The predicted octanol–water partition coefficient (Wildman–Crippen LogP) is 0.884. The zero-order valence-electron chi connectivity index (χ0n) is 12.6. The summed E-state index contributed by atoms with van der Waals surface area (Å²) in [6, 6.07) is 0.386. The second-order valence-electron chi connectivity index (χ2n) is 5.09. The molecule has 0 radical (unpaired) electrons. The number of rotatable bonds is 8. The van der Waals surface area contributed by atoms with E-state index in [0.29, 0.717) is 26.4 Å². The molecule has 0 aromatic heterocycles. The van der Waals surface area contributed by atoms with Crippen molar-refractivity contribution >= 4 is 5.91 Å². The summed E-state index contributed by atoms with van der Waals surface area (Å²) in [5, 5.41) is 3.34. The van der Waals surface area contributed by atoms with Crippen LogP contribution in [0.5, 0.6) is 0 Å². The van der Waals surface area contributed by atoms with Crippen molar-refractivity contribution in [3.8, 4) is 0 Å². The summed E-state index contributed by atoms with van der Waals surface area (Å²) in [5.74, 6) is 0.126. The van der Waals surface area contributed by atoms with Gasteiger partial charge >= 0.3 is 0 Å². The molecule has 1 aliphatic rings. The molecule has 0 bridgehead atoms. The fraction of sp³-hybridized carbons (Fsp3) is 0.929. The van der Waals surface area contributed by atoms with Gasteiger partial charge in [-0.2, -0.15) is 0 Å². The van der Waals surface area contributed by atoms with Gasteiger partial charge in [0.2, 0.25) is 5.91 Å². The topological polar surface area (TPSA) is 50.8 Å². The van der Waals surface area contributed by atoms with Crippen LogP contribution in [-0.4, -0.2) is 62.9 Å². The van der Waals surface area contributed by atoms with Gasteiger partial charge in [0.1, 0.15) is 0 Å². The van der Waals surface area contributed by atoms with Gasteiger partial charge in [0.15, 0.2) is 0 Å². The minimum Gasteiger partial charge on any atom is -0.383 e. The van der Waals surface area contributed by atoms with E-state index >= 15 is 0 Å². The fourth-order valence-corrected chi connectivity index (χ4v) is 2.43. The molecule has 1 saturated heterocycles. The number of nitrogens with one attached hydrogen (secondary N) is 1. The summed E-state index contributed by atoms with van der Waals surface area (Å²) in [6.07, 6.45) is 0.953. The van der Waals surface area contributed by atoms with Crippen molar-refractivity contribution in [3.05, 3.63) is 0 Å². The van der Waals surface area contributed by atoms with Crippen LogP contribution in [0.2, 0.25) is 0 Å². The Labute approximate surface area is 116 Å². The quantitative estimate of drug-likeness (QED) is 0.713. The summed E-state index contributed by atoms with van der Waals surface area (Å²) in [5.41, 5.74) is 0. The Morgan fingerprint density at radius 1 is 1.47 bits per heavy atom. The first-order chi connectivity index (χ1) is 9.15. The van der Waals surface area contributed by atoms with Gasteiger partial charge < -0.3 is 19.7 Å². The van der Waals surface area contributed by atoms with Gasteiger partial charge in [0.25, 0.3) is 0 Å². The molecule has 3 unspecified atom stereocenters. The van der Waals surface area contributed by atoms with Gasteiger partial charge in [0, 0.05) is 25.7 Å². The van der Waals surface area contributed by atoms with E-state index in [9.17, 15) is 4.79 Å². The Hall–Kier alpha value is -0.650. The molecule has 0 aromatic rings. The molecule has 1 N–H and O–H groups in total. The lowest BCUT2D eigenvalue weighted by Crippen LogP contribution is -2.49. The summed E-state index contributed by atoms with van der Waals surface area (Å²) in [7, 11) is 1.67. The Bertz CT molecular complexity index is 273. The van der Waals surface area contributed by atoms with Crippen molar-refractivity contribution in [2.75, 3.05) is 40.0 Å². The smallest absolute Gasteiger partial charge is 0.230 e. The number of ether oxygens (including phenoxy) is 2. The molecule has 19 heavy (non-hydrogen) atoms. The molecule has 1 amide bonds. The van der Waals surface area contributed by atoms with Crippen LogP contribution in [0.25, 0.3) is 0 Å². The number of hydrogen-bond acceptors (Lipinski definition) is 4. The molecule has 1 heterocycles. The average molecular weight is 272 g/mol. The van der Waals surface area contributed by atoms with E-state index in [1.54, 1.807) is 7.11 Å². The lowest BCUT2D eigenvalue weighted by molar-refractivity contribution is -0.138. The molecular formula is C14H28N2O3. The van der Waals surface area contributed by atoms with Crippen molar-refractivity contribution in [1.82, 2.24) is 10.2 Å². The first-order valence-electron chi connectivity index (χ1n) is 7.26. The van der Waals surface area contributed by atoms with Gasteiger partial charge in [-0.25, -0.2) is 0 Å². The van der Waals surface area contributed by atoms with Gasteiger partial charge in [-0.05, 0) is 19.9 Å². The lowest BCUT2D eigenvalue weighted by atomic mass is 10.0. The maximum absolute atomic E-state index is 12.7. The molecule has 3 atom stereocenters. The van der Waals surface area contributed by atoms with Crippen LogP contribution in [-0.2, 0) is 14.3 Å². The van der Waals surface area contributed by atoms with Crippen LogP contribution in [0.4, 0.5) is 0 Å². The summed E-state index contributed by atoms with van der Waals surface area (Å²) in [4.78, 5) is 14.6. The van der Waals surface area contributed by atoms with Crippen molar-refractivity contribution in [1.29, 1.82) is 0 Å². The molecule has 5 nitrogen and oxygen atoms in total. The number of hydrogen-bond donors (Lipinski definition) is 1. The van der Waals surface area contributed by atoms with Crippen LogP contribution < -0.4 is 5.32 Å². The van der Waals surface area contributed by atoms with Gasteiger partial charge in [-0.15, -0.1) is 0 Å². The standard InChI is InChI=1S/C14H28N2O3/c1-5-11(3)16(7-8-18-4)14(17)12-9-19-10-13(12)15-6-2/h11-13,15H,5-10H2,1-4H3. The Morgan fingerprint density at radius 2 is 2.21 bits per heavy atom.